The number of hydrogen-bond donors (Lipinski definition) is 1. The van der Waals surface area contributed by atoms with Gasteiger partial charge in [0.1, 0.15) is 5.60 Å². The van der Waals surface area contributed by atoms with Crippen molar-refractivity contribution in [2.24, 2.45) is 0 Å². The molecular formula is C31H38N2O6. The van der Waals surface area contributed by atoms with Gasteiger partial charge in [0.15, 0.2) is 11.5 Å². The van der Waals surface area contributed by atoms with Gasteiger partial charge in [-0.2, -0.15) is 0 Å². The summed E-state index contributed by atoms with van der Waals surface area (Å²) in [5.74, 6) is 0.103. The van der Waals surface area contributed by atoms with Gasteiger partial charge in [0.2, 0.25) is 6.10 Å². The number of nitrogens with zero attached hydrogens (tertiary/aromatic N) is 2. The highest BCUT2D eigenvalue weighted by molar-refractivity contribution is 5.75. The third kappa shape index (κ3) is 7.80. The minimum absolute atomic E-state index is 0.0113. The molecule has 0 spiro atoms. The van der Waals surface area contributed by atoms with E-state index in [-0.39, 0.29) is 19.0 Å². The molecule has 1 aliphatic carbocycles. The number of aryl methyl sites for hydroxylation is 2. The van der Waals surface area contributed by atoms with Crippen LogP contribution >= 0.6 is 0 Å². The molecule has 8 nitrogen and oxygen atoms in total. The van der Waals surface area contributed by atoms with Crippen LogP contribution in [-0.4, -0.2) is 53.6 Å². The molecule has 0 fully saturated rings. The molecule has 1 aromatic carbocycles. The van der Waals surface area contributed by atoms with E-state index >= 15 is 0 Å². The first-order valence-corrected chi connectivity index (χ1v) is 13.0. The van der Waals surface area contributed by atoms with E-state index < -0.39 is 17.7 Å². The molecule has 2 aromatic rings. The lowest BCUT2D eigenvalue weighted by Gasteiger charge is -2.40. The Hall–Kier alpha value is -3.91. The van der Waals surface area contributed by atoms with E-state index in [9.17, 15) is 9.90 Å². The van der Waals surface area contributed by atoms with Crippen LogP contribution in [0.15, 0.2) is 72.4 Å². The average Bonchev–Trinajstić information content (AvgIpc) is 2.93. The van der Waals surface area contributed by atoms with E-state index in [1.54, 1.807) is 14.2 Å². The summed E-state index contributed by atoms with van der Waals surface area (Å²) in [6.07, 6.45) is 14.4. The van der Waals surface area contributed by atoms with E-state index in [0.717, 1.165) is 17.6 Å². The molecule has 0 bridgehead atoms. The van der Waals surface area contributed by atoms with Crippen LogP contribution in [0, 0.1) is 13.8 Å². The van der Waals surface area contributed by atoms with Crippen LogP contribution in [-0.2, 0) is 16.0 Å². The maximum absolute atomic E-state index is 12.9. The average molecular weight is 535 g/mol. The summed E-state index contributed by atoms with van der Waals surface area (Å²) in [7, 11) is 3.18. The molecule has 8 heteroatoms. The Morgan fingerprint density at radius 3 is 2.46 bits per heavy atom. The van der Waals surface area contributed by atoms with E-state index in [1.165, 1.54) is 0 Å². The second-order valence-electron chi connectivity index (χ2n) is 9.26. The predicted octanol–water partition coefficient (Wildman–Crippen LogP) is 5.74. The molecule has 0 amide bonds. The Morgan fingerprint density at radius 2 is 1.85 bits per heavy atom. The number of hydrogen-bond acceptors (Lipinski definition) is 7. The van der Waals surface area contributed by atoms with Gasteiger partial charge in [0.25, 0.3) is 0 Å². The second kappa shape index (κ2) is 14.3. The van der Waals surface area contributed by atoms with Gasteiger partial charge in [-0.25, -0.2) is 14.8 Å². The quantitative estimate of drug-likeness (QED) is 0.306. The minimum atomic E-state index is -1.39. The van der Waals surface area contributed by atoms with Crippen LogP contribution in [0.4, 0.5) is 0 Å². The molecule has 0 radical (unpaired) electrons. The van der Waals surface area contributed by atoms with Gasteiger partial charge in [0.05, 0.1) is 20.8 Å². The van der Waals surface area contributed by atoms with Gasteiger partial charge < -0.3 is 24.1 Å². The van der Waals surface area contributed by atoms with E-state index in [0.29, 0.717) is 35.7 Å². The zero-order valence-corrected chi connectivity index (χ0v) is 23.3. The van der Waals surface area contributed by atoms with Crippen molar-refractivity contribution in [1.29, 1.82) is 0 Å². The summed E-state index contributed by atoms with van der Waals surface area (Å²) >= 11 is 0. The molecule has 0 saturated heterocycles. The number of rotatable bonds is 14. The molecule has 1 heterocycles. The van der Waals surface area contributed by atoms with Gasteiger partial charge in [-0.3, -0.25) is 0 Å². The monoisotopic (exact) mass is 534 g/mol. The maximum Gasteiger partial charge on any atom is 0.348 e. The fourth-order valence-electron chi connectivity index (χ4n) is 4.61. The van der Waals surface area contributed by atoms with Crippen LogP contribution < -0.4 is 14.2 Å². The molecule has 39 heavy (non-hydrogen) atoms. The highest BCUT2D eigenvalue weighted by Crippen LogP contribution is 2.38. The highest BCUT2D eigenvalue weighted by Gasteiger charge is 2.49. The Bertz CT molecular complexity index is 1230. The largest absolute Gasteiger partial charge is 0.493 e. The summed E-state index contributed by atoms with van der Waals surface area (Å²) in [6.45, 7) is 5.80. The van der Waals surface area contributed by atoms with Crippen molar-refractivity contribution in [3.63, 3.8) is 0 Å². The second-order valence-corrected chi connectivity index (χ2v) is 9.26. The van der Waals surface area contributed by atoms with Crippen molar-refractivity contribution in [2.75, 3.05) is 20.8 Å². The smallest absolute Gasteiger partial charge is 0.348 e. The van der Waals surface area contributed by atoms with Gasteiger partial charge in [0, 0.05) is 17.8 Å². The zero-order chi connectivity index (χ0) is 28.3. The molecule has 0 saturated carbocycles. The maximum atomic E-state index is 12.9. The number of carbonyl (C=O) groups is 1. The van der Waals surface area contributed by atoms with Gasteiger partial charge in [-0.1, -0.05) is 48.6 Å². The summed E-state index contributed by atoms with van der Waals surface area (Å²) in [5, 5.41) is 10.5. The third-order valence-electron chi connectivity index (χ3n) is 6.45. The van der Waals surface area contributed by atoms with Gasteiger partial charge in [-0.05, 0) is 69.4 Å². The summed E-state index contributed by atoms with van der Waals surface area (Å²) in [6, 6.07) is 7.50. The SMILES string of the molecule is C/C=C\C=C/CC(OCCc1ccc(OC)c(OC)c1)(C1=CC=CCC1)C(Oc1nc(C)cc(C)n1)C(=O)O. The zero-order valence-electron chi connectivity index (χ0n) is 23.3. The third-order valence-corrected chi connectivity index (χ3v) is 6.45. The first-order chi connectivity index (χ1) is 18.8. The topological polar surface area (TPSA) is 100 Å². The molecule has 1 aliphatic rings. The van der Waals surface area contributed by atoms with E-state index in [4.69, 9.17) is 18.9 Å². The van der Waals surface area contributed by atoms with Crippen molar-refractivity contribution in [1.82, 2.24) is 9.97 Å². The lowest BCUT2D eigenvalue weighted by atomic mass is 9.80. The molecule has 2 unspecified atom stereocenters. The first-order valence-electron chi connectivity index (χ1n) is 13.0. The minimum Gasteiger partial charge on any atom is -0.493 e. The molecule has 1 aromatic heterocycles. The molecule has 1 N–H and O–H groups in total. The Morgan fingerprint density at radius 1 is 1.10 bits per heavy atom. The normalized spacial score (nSPS) is 15.7. The Balaban J connectivity index is 2.02. The highest BCUT2D eigenvalue weighted by atomic mass is 16.6. The Kier molecular flexibility index (Phi) is 10.9. The molecule has 3 rings (SSSR count). The summed E-state index contributed by atoms with van der Waals surface area (Å²) in [4.78, 5) is 21.6. The molecule has 208 valence electrons. The van der Waals surface area contributed by atoms with Crippen molar-refractivity contribution in [3.8, 4) is 17.5 Å². The van der Waals surface area contributed by atoms with Crippen molar-refractivity contribution in [3.05, 3.63) is 89.3 Å². The predicted molar refractivity (Wildman–Crippen MR) is 151 cm³/mol. The number of aliphatic carboxylic acids is 1. The van der Waals surface area contributed by atoms with Crippen LogP contribution in [0.1, 0.15) is 43.1 Å². The number of carboxylic acid groups (broad SMARTS) is 1. The first kappa shape index (κ1) is 29.6. The molecular weight excluding hydrogens is 496 g/mol. The standard InChI is InChI=1S/C31H38N2O6/c1-6-7-8-12-18-31(25-13-10-9-11-14-25,28(29(34)35)39-30-32-22(2)20-23(3)33-30)38-19-17-24-15-16-26(36-4)27(21-24)37-5/h6-10,12-13,15-16,20-21,28H,11,14,17-19H2,1-5H3,(H,34,35)/b7-6-,12-8-. The van der Waals surface area contributed by atoms with Gasteiger partial charge >= 0.3 is 12.0 Å². The van der Waals surface area contributed by atoms with E-state index in [2.05, 4.69) is 16.0 Å². The summed E-state index contributed by atoms with van der Waals surface area (Å²) in [5.41, 5.74) is 1.89. The fraction of sp³-hybridized carbons (Fsp3) is 0.387. The number of methoxy groups -OCH3 is 2. The van der Waals surface area contributed by atoms with Gasteiger partial charge in [-0.15, -0.1) is 0 Å². The lowest BCUT2D eigenvalue weighted by Crippen LogP contribution is -2.54. The van der Waals surface area contributed by atoms with Crippen LogP contribution in [0.3, 0.4) is 0 Å². The number of benzene rings is 1. The van der Waals surface area contributed by atoms with Crippen molar-refractivity contribution in [2.45, 2.75) is 58.2 Å². The van der Waals surface area contributed by atoms with Crippen LogP contribution in [0.5, 0.6) is 17.5 Å². The Labute approximate surface area is 230 Å². The summed E-state index contributed by atoms with van der Waals surface area (Å²) < 4.78 is 23.5. The van der Waals surface area contributed by atoms with Crippen LogP contribution in [0.2, 0.25) is 0 Å². The number of allylic oxidation sites excluding steroid dienone is 6. The van der Waals surface area contributed by atoms with E-state index in [1.807, 2.05) is 81.5 Å². The van der Waals surface area contributed by atoms with Crippen molar-refractivity contribution >= 4 is 5.97 Å². The number of aromatic nitrogens is 2. The fourth-order valence-corrected chi connectivity index (χ4v) is 4.61. The van der Waals surface area contributed by atoms with Crippen LogP contribution in [0.25, 0.3) is 0 Å². The molecule has 2 atom stereocenters. The molecule has 0 aliphatic heterocycles. The number of ether oxygens (including phenoxy) is 4. The number of carboxylic acids is 1. The lowest BCUT2D eigenvalue weighted by molar-refractivity contribution is -0.163. The van der Waals surface area contributed by atoms with Crippen molar-refractivity contribution < 1.29 is 28.8 Å².